The molecule has 0 aliphatic carbocycles. The Morgan fingerprint density at radius 3 is 1.44 bits per heavy atom. The molecule has 75 heavy (non-hydrogen) atoms. The summed E-state index contributed by atoms with van der Waals surface area (Å²) in [6.07, 6.45) is 60.0. The maximum absolute atomic E-state index is 13.0. The zero-order chi connectivity index (χ0) is 54.5. The van der Waals surface area contributed by atoms with Crippen molar-refractivity contribution in [2.75, 3.05) is 19.8 Å². The SMILES string of the molecule is CCCC/C=C\CCCCCCCC(=O)OCCCCCCCCCCC/C=C\C/C=C\CCCCCCCCCC(=O)NC(COC1OC(CO)C(O)C(O)C1O)C(O)/C=C/CC/C=C/CC/C=C/CCCCC. The van der Waals surface area contributed by atoms with Gasteiger partial charge in [0.1, 0.15) is 24.4 Å². The molecule has 1 fully saturated rings. The normalized spacial score (nSPS) is 19.3. The van der Waals surface area contributed by atoms with Gasteiger partial charge in [0, 0.05) is 12.8 Å². The molecule has 0 radical (unpaired) electrons. The van der Waals surface area contributed by atoms with Gasteiger partial charge in [0.05, 0.1) is 32.0 Å². The van der Waals surface area contributed by atoms with Crippen LogP contribution in [0.2, 0.25) is 0 Å². The number of allylic oxidation sites excluding steroid dienone is 11. The molecule has 11 nitrogen and oxygen atoms in total. The van der Waals surface area contributed by atoms with Gasteiger partial charge >= 0.3 is 5.97 Å². The van der Waals surface area contributed by atoms with Crippen LogP contribution < -0.4 is 5.32 Å². The Morgan fingerprint density at radius 1 is 0.493 bits per heavy atom. The Morgan fingerprint density at radius 2 is 0.920 bits per heavy atom. The van der Waals surface area contributed by atoms with E-state index >= 15 is 0 Å². The van der Waals surface area contributed by atoms with E-state index in [4.69, 9.17) is 14.2 Å². The highest BCUT2D eigenvalue weighted by molar-refractivity contribution is 5.76. The Balaban J connectivity index is 2.10. The molecule has 7 atom stereocenters. The highest BCUT2D eigenvalue weighted by atomic mass is 16.7. The molecular weight excluding hydrogens is 943 g/mol. The van der Waals surface area contributed by atoms with E-state index in [0.717, 1.165) is 103 Å². The molecule has 0 aromatic heterocycles. The summed E-state index contributed by atoms with van der Waals surface area (Å²) < 4.78 is 16.7. The summed E-state index contributed by atoms with van der Waals surface area (Å²) in [5.74, 6) is -0.226. The van der Waals surface area contributed by atoms with E-state index in [9.17, 15) is 35.1 Å². The summed E-state index contributed by atoms with van der Waals surface area (Å²) in [4.78, 5) is 25.0. The number of rotatable bonds is 52. The van der Waals surface area contributed by atoms with Gasteiger partial charge in [-0.1, -0.05) is 209 Å². The summed E-state index contributed by atoms with van der Waals surface area (Å²) in [5, 5.41) is 54.3. The average molecular weight is 1060 g/mol. The first-order valence-corrected chi connectivity index (χ1v) is 30.7. The second-order valence-electron chi connectivity index (χ2n) is 21.0. The second-order valence-corrected chi connectivity index (χ2v) is 21.0. The number of esters is 1. The molecule has 7 unspecified atom stereocenters. The van der Waals surface area contributed by atoms with Gasteiger partial charge in [-0.25, -0.2) is 0 Å². The van der Waals surface area contributed by atoms with E-state index in [1.807, 2.05) is 6.08 Å². The number of amides is 1. The number of nitrogens with one attached hydrogen (secondary N) is 1. The number of aliphatic hydroxyl groups is 5. The number of aliphatic hydroxyl groups excluding tert-OH is 5. The molecule has 0 aromatic rings. The van der Waals surface area contributed by atoms with E-state index in [1.54, 1.807) is 6.08 Å². The molecule has 11 heteroatoms. The first-order valence-electron chi connectivity index (χ1n) is 30.7. The predicted octanol–water partition coefficient (Wildman–Crippen LogP) is 14.4. The fraction of sp³-hybridized carbons (Fsp3) is 0.781. The largest absolute Gasteiger partial charge is 0.466 e. The Bertz CT molecular complexity index is 1470. The standard InChI is InChI=1S/C64H113NO10/c1-3-5-7-9-11-13-15-27-31-34-38-42-46-50-57(67)56(55-74-64-63(72)62(71)61(70)58(54-66)75-64)65-59(68)51-47-43-39-35-32-28-25-23-21-19-17-16-18-20-22-24-26-29-33-37-41-45-49-53-73-60(69)52-48-44-40-36-30-14-12-10-8-6-4-2/h10-13,16,18-19,21,31,34,46,50,56-58,61-64,66-67,70-72H,3-9,14-15,17,20,22-30,32-33,35-45,47-49,51-55H2,1-2H3,(H,65,68)/b12-10-,13-11+,18-16-,21-19-,34-31+,50-46+. The van der Waals surface area contributed by atoms with Crippen molar-refractivity contribution in [3.05, 3.63) is 72.9 Å². The zero-order valence-electron chi connectivity index (χ0n) is 47.7. The predicted molar refractivity (Wildman–Crippen MR) is 310 cm³/mol. The molecule has 1 amide bonds. The number of carbonyl (C=O) groups is 2. The van der Waals surface area contributed by atoms with Crippen LogP contribution in [0.15, 0.2) is 72.9 Å². The van der Waals surface area contributed by atoms with Gasteiger partial charge in [-0.3, -0.25) is 9.59 Å². The number of ether oxygens (including phenoxy) is 3. The van der Waals surface area contributed by atoms with Gasteiger partial charge in [0.25, 0.3) is 0 Å². The van der Waals surface area contributed by atoms with Crippen molar-refractivity contribution in [3.8, 4) is 0 Å². The summed E-state index contributed by atoms with van der Waals surface area (Å²) in [7, 11) is 0. The van der Waals surface area contributed by atoms with Gasteiger partial charge in [0.15, 0.2) is 6.29 Å². The molecule has 0 aromatic carbocycles. The van der Waals surface area contributed by atoms with Crippen LogP contribution in [0.4, 0.5) is 0 Å². The van der Waals surface area contributed by atoms with Gasteiger partial charge in [-0.05, 0) is 109 Å². The molecular formula is C64H113NO10. The van der Waals surface area contributed by atoms with Crippen LogP contribution in [0.5, 0.6) is 0 Å². The molecule has 0 bridgehead atoms. The van der Waals surface area contributed by atoms with Crippen molar-refractivity contribution in [3.63, 3.8) is 0 Å². The molecule has 1 aliphatic heterocycles. The highest BCUT2D eigenvalue weighted by Crippen LogP contribution is 2.23. The van der Waals surface area contributed by atoms with Crippen LogP contribution in [0.1, 0.15) is 258 Å². The molecule has 1 saturated heterocycles. The van der Waals surface area contributed by atoms with Crippen molar-refractivity contribution < 1.29 is 49.3 Å². The lowest BCUT2D eigenvalue weighted by atomic mass is 9.99. The van der Waals surface area contributed by atoms with Crippen LogP contribution in [0, 0.1) is 0 Å². The number of hydrogen-bond donors (Lipinski definition) is 6. The molecule has 1 aliphatic rings. The minimum absolute atomic E-state index is 0.0176. The van der Waals surface area contributed by atoms with Gasteiger partial charge in [-0.2, -0.15) is 0 Å². The fourth-order valence-corrected chi connectivity index (χ4v) is 9.06. The summed E-state index contributed by atoms with van der Waals surface area (Å²) in [6, 6.07) is -0.844. The maximum atomic E-state index is 13.0. The Kier molecular flexibility index (Phi) is 49.7. The van der Waals surface area contributed by atoms with Crippen LogP contribution in [0.25, 0.3) is 0 Å². The first kappa shape index (κ1) is 70.1. The van der Waals surface area contributed by atoms with Crippen molar-refractivity contribution in [2.45, 2.75) is 301 Å². The van der Waals surface area contributed by atoms with E-state index in [-0.39, 0.29) is 18.5 Å². The van der Waals surface area contributed by atoms with Crippen molar-refractivity contribution in [1.82, 2.24) is 5.32 Å². The maximum Gasteiger partial charge on any atom is 0.305 e. The zero-order valence-corrected chi connectivity index (χ0v) is 47.7. The van der Waals surface area contributed by atoms with Gasteiger partial charge in [0.2, 0.25) is 5.91 Å². The first-order chi connectivity index (χ1) is 36.7. The summed E-state index contributed by atoms with van der Waals surface area (Å²) >= 11 is 0. The average Bonchev–Trinajstić information content (AvgIpc) is 3.41. The number of hydrogen-bond acceptors (Lipinski definition) is 10. The van der Waals surface area contributed by atoms with Gasteiger partial charge < -0.3 is 45.1 Å². The third-order valence-corrected chi connectivity index (χ3v) is 14.0. The topological polar surface area (TPSA) is 175 Å². The van der Waals surface area contributed by atoms with Crippen molar-refractivity contribution in [1.29, 1.82) is 0 Å². The number of unbranched alkanes of at least 4 members (excludes halogenated alkanes) is 28. The monoisotopic (exact) mass is 1060 g/mol. The van der Waals surface area contributed by atoms with Crippen LogP contribution in [-0.2, 0) is 23.8 Å². The fourth-order valence-electron chi connectivity index (χ4n) is 9.06. The minimum atomic E-state index is -1.58. The van der Waals surface area contributed by atoms with Crippen LogP contribution in [-0.4, -0.2) is 100 Å². The quantitative estimate of drug-likeness (QED) is 0.0195. The molecule has 1 heterocycles. The smallest absolute Gasteiger partial charge is 0.305 e. The lowest BCUT2D eigenvalue weighted by Crippen LogP contribution is -2.60. The molecule has 1 rings (SSSR count). The molecule has 0 spiro atoms. The van der Waals surface area contributed by atoms with Crippen molar-refractivity contribution >= 4 is 11.9 Å². The molecule has 6 N–H and O–H groups in total. The van der Waals surface area contributed by atoms with E-state index in [0.29, 0.717) is 19.4 Å². The van der Waals surface area contributed by atoms with Crippen LogP contribution >= 0.6 is 0 Å². The Hall–Kier alpha value is -2.90. The Labute approximate surface area is 458 Å². The lowest BCUT2D eigenvalue weighted by Gasteiger charge is -2.40. The van der Waals surface area contributed by atoms with Crippen LogP contribution in [0.3, 0.4) is 0 Å². The second kappa shape index (κ2) is 53.1. The molecule has 434 valence electrons. The van der Waals surface area contributed by atoms with Gasteiger partial charge in [-0.15, -0.1) is 0 Å². The highest BCUT2D eigenvalue weighted by Gasteiger charge is 2.44. The van der Waals surface area contributed by atoms with E-state index < -0.39 is 49.5 Å². The number of carbonyl (C=O) groups excluding carboxylic acids is 2. The minimum Gasteiger partial charge on any atom is -0.466 e. The lowest BCUT2D eigenvalue weighted by molar-refractivity contribution is -0.302. The summed E-state index contributed by atoms with van der Waals surface area (Å²) in [6.45, 7) is 4.23. The van der Waals surface area contributed by atoms with E-state index in [2.05, 4.69) is 79.9 Å². The third-order valence-electron chi connectivity index (χ3n) is 14.0. The van der Waals surface area contributed by atoms with Crippen molar-refractivity contribution in [2.24, 2.45) is 0 Å². The third kappa shape index (κ3) is 42.8. The molecule has 0 saturated carbocycles. The summed E-state index contributed by atoms with van der Waals surface area (Å²) in [5.41, 5.74) is 0. The van der Waals surface area contributed by atoms with E-state index in [1.165, 1.54) is 128 Å².